The van der Waals surface area contributed by atoms with Gasteiger partial charge in [-0.05, 0) is 27.2 Å². The fraction of sp³-hybridized carbons (Fsp3) is 0.765. The fourth-order valence-corrected chi connectivity index (χ4v) is 2.30. The molecule has 1 aromatic heterocycles. The second-order valence-electron chi connectivity index (χ2n) is 6.84. The van der Waals surface area contributed by atoms with Crippen molar-refractivity contribution in [2.75, 3.05) is 13.7 Å². The number of esters is 1. The van der Waals surface area contributed by atoms with Crippen molar-refractivity contribution in [2.24, 2.45) is 0 Å². The number of ether oxygens (including phenoxy) is 2. The summed E-state index contributed by atoms with van der Waals surface area (Å²) in [6.45, 7) is 8.57. The average Bonchev–Trinajstić information content (AvgIpc) is 2.92. The van der Waals surface area contributed by atoms with Crippen LogP contribution >= 0.6 is 0 Å². The number of nitrogens with one attached hydrogen (secondary N) is 1. The summed E-state index contributed by atoms with van der Waals surface area (Å²) in [5.41, 5.74) is 0.313. The van der Waals surface area contributed by atoms with Crippen molar-refractivity contribution in [1.82, 2.24) is 20.3 Å². The maximum atomic E-state index is 11.9. The normalized spacial score (nSPS) is 11.2. The maximum absolute atomic E-state index is 11.9. The molecular weight excluding hydrogens is 324 g/mol. The number of unbranched alkanes of at least 4 members (excludes halogenated alkanes) is 3. The number of rotatable bonds is 9. The molecule has 0 unspecified atom stereocenters. The molecule has 0 aromatic carbocycles. The molecule has 142 valence electrons. The predicted molar refractivity (Wildman–Crippen MR) is 93.4 cm³/mol. The van der Waals surface area contributed by atoms with Crippen LogP contribution in [0.2, 0.25) is 0 Å². The van der Waals surface area contributed by atoms with E-state index in [1.807, 2.05) is 0 Å². The summed E-state index contributed by atoms with van der Waals surface area (Å²) in [7, 11) is 1.31. The van der Waals surface area contributed by atoms with Crippen LogP contribution in [0.3, 0.4) is 0 Å². The highest BCUT2D eigenvalue weighted by Gasteiger charge is 2.21. The third-order valence-corrected chi connectivity index (χ3v) is 3.47. The van der Waals surface area contributed by atoms with Crippen molar-refractivity contribution in [3.63, 3.8) is 0 Å². The Hall–Kier alpha value is -2.12. The quantitative estimate of drug-likeness (QED) is 0.541. The summed E-state index contributed by atoms with van der Waals surface area (Å²) in [5, 5.41) is 10.7. The summed E-state index contributed by atoms with van der Waals surface area (Å²) in [6.07, 6.45) is 4.30. The number of alkyl carbamates (subject to hydrolysis) is 1. The summed E-state index contributed by atoms with van der Waals surface area (Å²) in [4.78, 5) is 23.6. The van der Waals surface area contributed by atoms with Crippen LogP contribution in [-0.2, 0) is 22.4 Å². The number of hydrogen-bond acceptors (Lipinski definition) is 6. The molecule has 1 N–H and O–H groups in total. The average molecular weight is 354 g/mol. The van der Waals surface area contributed by atoms with Gasteiger partial charge in [0.15, 0.2) is 5.69 Å². The van der Waals surface area contributed by atoms with Crippen molar-refractivity contribution in [2.45, 2.75) is 71.9 Å². The van der Waals surface area contributed by atoms with Crippen LogP contribution in [0, 0.1) is 0 Å². The third-order valence-electron chi connectivity index (χ3n) is 3.47. The highest BCUT2D eigenvalue weighted by molar-refractivity contribution is 5.88. The lowest BCUT2D eigenvalue weighted by atomic mass is 10.2. The van der Waals surface area contributed by atoms with E-state index < -0.39 is 17.7 Å². The van der Waals surface area contributed by atoms with E-state index in [1.165, 1.54) is 7.11 Å². The molecule has 0 bridgehead atoms. The molecule has 0 spiro atoms. The van der Waals surface area contributed by atoms with E-state index in [9.17, 15) is 9.59 Å². The Labute approximate surface area is 149 Å². The van der Waals surface area contributed by atoms with Crippen LogP contribution in [0.25, 0.3) is 0 Å². The monoisotopic (exact) mass is 354 g/mol. The molecule has 0 aliphatic rings. The third kappa shape index (κ3) is 7.53. The van der Waals surface area contributed by atoms with Gasteiger partial charge in [0.2, 0.25) is 0 Å². The van der Waals surface area contributed by atoms with Gasteiger partial charge in [-0.2, -0.15) is 0 Å². The molecule has 1 heterocycles. The van der Waals surface area contributed by atoms with E-state index >= 15 is 0 Å². The van der Waals surface area contributed by atoms with Crippen LogP contribution in [0.5, 0.6) is 0 Å². The van der Waals surface area contributed by atoms with Crippen LogP contribution in [-0.4, -0.2) is 46.3 Å². The molecule has 0 aliphatic heterocycles. The maximum Gasteiger partial charge on any atom is 0.407 e. The van der Waals surface area contributed by atoms with Crippen molar-refractivity contribution in [3.8, 4) is 0 Å². The number of carbonyl (C=O) groups excluding carboxylic acids is 2. The number of carbonyl (C=O) groups is 2. The first-order valence-electron chi connectivity index (χ1n) is 8.76. The van der Waals surface area contributed by atoms with E-state index in [1.54, 1.807) is 25.5 Å². The number of hydrogen-bond donors (Lipinski definition) is 1. The zero-order valence-corrected chi connectivity index (χ0v) is 15.9. The number of amides is 1. The summed E-state index contributed by atoms with van der Waals surface area (Å²) in [6, 6.07) is 0. The molecular formula is C17H30N4O4. The largest absolute Gasteiger partial charge is 0.464 e. The summed E-state index contributed by atoms with van der Waals surface area (Å²) >= 11 is 0. The molecule has 25 heavy (non-hydrogen) atoms. The molecule has 0 atom stereocenters. The Bertz CT molecular complexity index is 563. The van der Waals surface area contributed by atoms with Crippen LogP contribution in [0.1, 0.15) is 69.6 Å². The summed E-state index contributed by atoms with van der Waals surface area (Å²) in [5.74, 6) is -0.521. The van der Waals surface area contributed by atoms with Crippen LogP contribution < -0.4 is 5.32 Å². The molecule has 0 saturated heterocycles. The second-order valence-corrected chi connectivity index (χ2v) is 6.84. The number of nitrogens with zero attached hydrogens (tertiary/aromatic N) is 3. The molecule has 0 radical (unpaired) electrons. The first-order valence-corrected chi connectivity index (χ1v) is 8.76. The van der Waals surface area contributed by atoms with Gasteiger partial charge in [-0.15, -0.1) is 5.10 Å². The lowest BCUT2D eigenvalue weighted by molar-refractivity contribution is 0.0528. The van der Waals surface area contributed by atoms with Gasteiger partial charge in [-0.1, -0.05) is 31.4 Å². The van der Waals surface area contributed by atoms with E-state index in [0.29, 0.717) is 25.2 Å². The Kier molecular flexibility index (Phi) is 8.37. The number of aryl methyl sites for hydroxylation is 1. The van der Waals surface area contributed by atoms with Gasteiger partial charge in [0.05, 0.1) is 12.8 Å². The van der Waals surface area contributed by atoms with Crippen molar-refractivity contribution in [1.29, 1.82) is 0 Å². The molecule has 1 amide bonds. The first kappa shape index (κ1) is 20.9. The van der Waals surface area contributed by atoms with E-state index in [0.717, 1.165) is 25.7 Å². The molecule has 8 nitrogen and oxygen atoms in total. The van der Waals surface area contributed by atoms with Crippen LogP contribution in [0.4, 0.5) is 4.79 Å². The van der Waals surface area contributed by atoms with Crippen molar-refractivity contribution >= 4 is 12.1 Å². The Morgan fingerprint density at radius 1 is 1.20 bits per heavy atom. The minimum absolute atomic E-state index is 0.198. The van der Waals surface area contributed by atoms with Gasteiger partial charge in [0.1, 0.15) is 5.60 Å². The van der Waals surface area contributed by atoms with Gasteiger partial charge < -0.3 is 14.8 Å². The van der Waals surface area contributed by atoms with Gasteiger partial charge in [0.25, 0.3) is 0 Å². The molecule has 0 fully saturated rings. The van der Waals surface area contributed by atoms with E-state index in [2.05, 4.69) is 22.6 Å². The Morgan fingerprint density at radius 3 is 2.52 bits per heavy atom. The van der Waals surface area contributed by atoms with Gasteiger partial charge in [-0.3, -0.25) is 0 Å². The van der Waals surface area contributed by atoms with Crippen molar-refractivity contribution < 1.29 is 19.1 Å². The van der Waals surface area contributed by atoms with Gasteiger partial charge in [-0.25, -0.2) is 14.3 Å². The molecule has 0 saturated carbocycles. The Morgan fingerprint density at radius 2 is 1.92 bits per heavy atom. The lowest BCUT2D eigenvalue weighted by Crippen LogP contribution is -2.34. The van der Waals surface area contributed by atoms with Gasteiger partial charge >= 0.3 is 12.1 Å². The highest BCUT2D eigenvalue weighted by Crippen LogP contribution is 2.11. The summed E-state index contributed by atoms with van der Waals surface area (Å²) < 4.78 is 11.7. The van der Waals surface area contributed by atoms with Gasteiger partial charge in [0, 0.05) is 19.5 Å². The molecule has 8 heteroatoms. The molecule has 1 rings (SSSR count). The SMILES string of the molecule is CCCCCCn1nnc(C(=O)OC)c1CCNC(=O)OC(C)(C)C. The zero-order valence-electron chi connectivity index (χ0n) is 15.9. The predicted octanol–water partition coefficient (Wildman–Crippen LogP) is 2.71. The van der Waals surface area contributed by atoms with Crippen molar-refractivity contribution in [3.05, 3.63) is 11.4 Å². The minimum Gasteiger partial charge on any atom is -0.464 e. The topological polar surface area (TPSA) is 95.3 Å². The fourth-order valence-electron chi connectivity index (χ4n) is 2.30. The zero-order chi connectivity index (χ0) is 18.9. The second kappa shape index (κ2) is 10.0. The van der Waals surface area contributed by atoms with E-state index in [-0.39, 0.29) is 5.69 Å². The minimum atomic E-state index is -0.552. The standard InChI is InChI=1S/C17H30N4O4/c1-6-7-8-9-12-21-13(14(19-20-21)15(22)24-5)10-11-18-16(23)25-17(2,3)4/h6-12H2,1-5H3,(H,18,23). The van der Waals surface area contributed by atoms with E-state index in [4.69, 9.17) is 9.47 Å². The Balaban J connectivity index is 2.68. The molecule has 1 aromatic rings. The number of methoxy groups -OCH3 is 1. The smallest absolute Gasteiger partial charge is 0.407 e. The lowest BCUT2D eigenvalue weighted by Gasteiger charge is -2.19. The highest BCUT2D eigenvalue weighted by atomic mass is 16.6. The first-order chi connectivity index (χ1) is 11.8. The van der Waals surface area contributed by atoms with Crippen LogP contribution in [0.15, 0.2) is 0 Å². The molecule has 0 aliphatic carbocycles. The number of aromatic nitrogens is 3.